The van der Waals surface area contributed by atoms with Crippen LogP contribution >= 0.6 is 0 Å². The van der Waals surface area contributed by atoms with E-state index in [9.17, 15) is 4.79 Å². The minimum absolute atomic E-state index is 0.0216. The highest BCUT2D eigenvalue weighted by molar-refractivity contribution is 6.00. The fourth-order valence-corrected chi connectivity index (χ4v) is 1.85. The smallest absolute Gasteiger partial charge is 0.250 e. The maximum absolute atomic E-state index is 11.2. The highest BCUT2D eigenvalue weighted by atomic mass is 16.1. The largest absolute Gasteiger partial charge is 0.396 e. The average molecular weight is 256 g/mol. The number of carbonyl (C=O) groups excluding carboxylic acids is 1. The van der Waals surface area contributed by atoms with Gasteiger partial charge in [-0.15, -0.1) is 0 Å². The van der Waals surface area contributed by atoms with Gasteiger partial charge in [-0.05, 0) is 31.2 Å². The monoisotopic (exact) mass is 256 g/mol. The minimum atomic E-state index is -0.536. The lowest BCUT2D eigenvalue weighted by Gasteiger charge is -2.17. The summed E-state index contributed by atoms with van der Waals surface area (Å²) >= 11 is 0. The molecule has 0 aliphatic heterocycles. The summed E-state index contributed by atoms with van der Waals surface area (Å²) < 4.78 is 0. The molecule has 1 amide bonds. The number of primary amides is 1. The number of hydrogen-bond acceptors (Lipinski definition) is 4. The molecule has 1 atom stereocenters. The van der Waals surface area contributed by atoms with E-state index in [-0.39, 0.29) is 6.04 Å². The molecule has 0 aliphatic carbocycles. The Hall–Kier alpha value is -2.56. The molecule has 0 spiro atoms. The van der Waals surface area contributed by atoms with E-state index in [1.54, 1.807) is 24.4 Å². The lowest BCUT2D eigenvalue weighted by molar-refractivity contribution is 0.100. The molecule has 1 unspecified atom stereocenters. The van der Waals surface area contributed by atoms with Gasteiger partial charge in [0.1, 0.15) is 0 Å². The van der Waals surface area contributed by atoms with Crippen molar-refractivity contribution in [3.63, 3.8) is 0 Å². The van der Waals surface area contributed by atoms with Gasteiger partial charge in [0.25, 0.3) is 5.91 Å². The Morgan fingerprint density at radius 1 is 1.26 bits per heavy atom. The van der Waals surface area contributed by atoms with Gasteiger partial charge in [0.05, 0.1) is 28.7 Å². The number of carbonyl (C=O) groups is 1. The molecule has 2 aromatic rings. The first-order valence-electron chi connectivity index (χ1n) is 5.95. The molecule has 19 heavy (non-hydrogen) atoms. The number of pyridine rings is 1. The molecular weight excluding hydrogens is 240 g/mol. The van der Waals surface area contributed by atoms with Crippen LogP contribution in [-0.4, -0.2) is 10.9 Å². The van der Waals surface area contributed by atoms with Gasteiger partial charge in [-0.2, -0.15) is 0 Å². The second-order valence-electron chi connectivity index (χ2n) is 4.25. The van der Waals surface area contributed by atoms with Gasteiger partial charge >= 0.3 is 0 Å². The van der Waals surface area contributed by atoms with E-state index in [0.29, 0.717) is 16.9 Å². The molecule has 0 fully saturated rings. The third-order valence-electron chi connectivity index (χ3n) is 2.88. The lowest BCUT2D eigenvalue weighted by Crippen LogP contribution is -2.16. The molecule has 1 aromatic heterocycles. The third kappa shape index (κ3) is 2.82. The van der Waals surface area contributed by atoms with E-state index in [0.717, 1.165) is 5.69 Å². The summed E-state index contributed by atoms with van der Waals surface area (Å²) in [6.07, 6.45) is 1.73. The fourth-order valence-electron chi connectivity index (χ4n) is 1.85. The number of hydrogen-bond donors (Lipinski definition) is 3. The Morgan fingerprint density at radius 3 is 2.68 bits per heavy atom. The number of anilines is 2. The van der Waals surface area contributed by atoms with Crippen LogP contribution < -0.4 is 16.8 Å². The van der Waals surface area contributed by atoms with Gasteiger partial charge in [-0.3, -0.25) is 9.78 Å². The van der Waals surface area contributed by atoms with Crippen molar-refractivity contribution in [1.82, 2.24) is 4.98 Å². The zero-order valence-electron chi connectivity index (χ0n) is 10.6. The van der Waals surface area contributed by atoms with E-state index < -0.39 is 5.91 Å². The van der Waals surface area contributed by atoms with Crippen LogP contribution in [0.5, 0.6) is 0 Å². The molecule has 98 valence electrons. The Bertz CT molecular complexity index is 583. The first-order chi connectivity index (χ1) is 9.09. The number of aromatic nitrogens is 1. The van der Waals surface area contributed by atoms with E-state index in [4.69, 9.17) is 11.5 Å². The van der Waals surface area contributed by atoms with Crippen molar-refractivity contribution in [2.45, 2.75) is 13.0 Å². The summed E-state index contributed by atoms with van der Waals surface area (Å²) in [5.74, 6) is -0.536. The van der Waals surface area contributed by atoms with Crippen molar-refractivity contribution >= 4 is 17.3 Å². The predicted molar refractivity (Wildman–Crippen MR) is 75.6 cm³/mol. The Balaban J connectivity index is 2.25. The highest BCUT2D eigenvalue weighted by Crippen LogP contribution is 2.26. The zero-order valence-corrected chi connectivity index (χ0v) is 10.6. The summed E-state index contributed by atoms with van der Waals surface area (Å²) in [6.45, 7) is 1.97. The minimum Gasteiger partial charge on any atom is -0.396 e. The van der Waals surface area contributed by atoms with Crippen molar-refractivity contribution in [3.05, 3.63) is 53.9 Å². The quantitative estimate of drug-likeness (QED) is 0.728. The maximum Gasteiger partial charge on any atom is 0.250 e. The van der Waals surface area contributed by atoms with Gasteiger partial charge in [-0.1, -0.05) is 12.1 Å². The molecule has 2 rings (SSSR count). The number of nitrogen functional groups attached to an aromatic ring is 1. The van der Waals surface area contributed by atoms with Gasteiger partial charge in [0.2, 0.25) is 0 Å². The summed E-state index contributed by atoms with van der Waals surface area (Å²) in [6, 6.07) is 10.8. The van der Waals surface area contributed by atoms with Gasteiger partial charge in [-0.25, -0.2) is 0 Å². The van der Waals surface area contributed by atoms with Gasteiger partial charge < -0.3 is 16.8 Å². The molecule has 0 aliphatic rings. The number of benzene rings is 1. The van der Waals surface area contributed by atoms with Gasteiger partial charge in [0, 0.05) is 6.20 Å². The molecule has 1 heterocycles. The summed E-state index contributed by atoms with van der Waals surface area (Å²) in [5.41, 5.74) is 13.4. The predicted octanol–water partition coefficient (Wildman–Crippen LogP) is 1.94. The zero-order chi connectivity index (χ0) is 13.8. The van der Waals surface area contributed by atoms with Crippen molar-refractivity contribution in [2.24, 2.45) is 5.73 Å². The molecule has 0 saturated heterocycles. The highest BCUT2D eigenvalue weighted by Gasteiger charge is 2.12. The molecule has 5 N–H and O–H groups in total. The van der Waals surface area contributed by atoms with E-state index in [2.05, 4.69) is 10.3 Å². The Morgan fingerprint density at radius 2 is 2.05 bits per heavy atom. The Kier molecular flexibility index (Phi) is 3.66. The molecule has 5 heteroatoms. The van der Waals surface area contributed by atoms with Crippen LogP contribution in [0.15, 0.2) is 42.6 Å². The fraction of sp³-hybridized carbons (Fsp3) is 0.143. The molecule has 0 saturated carbocycles. The number of amides is 1. The number of rotatable bonds is 4. The second kappa shape index (κ2) is 5.39. The first-order valence-corrected chi connectivity index (χ1v) is 5.95. The lowest BCUT2D eigenvalue weighted by atomic mass is 10.1. The van der Waals surface area contributed by atoms with Crippen molar-refractivity contribution < 1.29 is 4.79 Å². The standard InChI is InChI=1S/C14H16N4O/c1-9(11-6-2-3-8-17-11)18-12-7-4-5-10(13(12)15)14(16)19/h2-9,18H,15H2,1H3,(H2,16,19). The topological polar surface area (TPSA) is 94.0 Å². The van der Waals surface area contributed by atoms with E-state index in [1.165, 1.54) is 0 Å². The summed E-state index contributed by atoms with van der Waals surface area (Å²) in [5, 5.41) is 3.23. The SMILES string of the molecule is CC(Nc1cccc(C(N)=O)c1N)c1ccccn1. The molecule has 1 aromatic carbocycles. The molecule has 0 bridgehead atoms. The van der Waals surface area contributed by atoms with Crippen LogP contribution in [0.1, 0.15) is 29.0 Å². The van der Waals surface area contributed by atoms with Crippen LogP contribution in [0.4, 0.5) is 11.4 Å². The van der Waals surface area contributed by atoms with Crippen LogP contribution in [-0.2, 0) is 0 Å². The molecular formula is C14H16N4O. The van der Waals surface area contributed by atoms with Crippen LogP contribution in [0.2, 0.25) is 0 Å². The summed E-state index contributed by atoms with van der Waals surface area (Å²) in [4.78, 5) is 15.5. The van der Waals surface area contributed by atoms with Crippen LogP contribution in [0.25, 0.3) is 0 Å². The maximum atomic E-state index is 11.2. The Labute approximate surface area is 111 Å². The number of nitrogens with two attached hydrogens (primary N) is 2. The van der Waals surface area contributed by atoms with E-state index >= 15 is 0 Å². The van der Waals surface area contributed by atoms with Crippen molar-refractivity contribution in [2.75, 3.05) is 11.1 Å². The van der Waals surface area contributed by atoms with Gasteiger partial charge in [0.15, 0.2) is 0 Å². The van der Waals surface area contributed by atoms with Crippen molar-refractivity contribution in [3.8, 4) is 0 Å². The number of para-hydroxylation sites is 1. The number of nitrogens with one attached hydrogen (secondary N) is 1. The second-order valence-corrected chi connectivity index (χ2v) is 4.25. The van der Waals surface area contributed by atoms with Crippen LogP contribution in [0.3, 0.4) is 0 Å². The average Bonchev–Trinajstić information content (AvgIpc) is 2.41. The third-order valence-corrected chi connectivity index (χ3v) is 2.88. The number of nitrogens with zero attached hydrogens (tertiary/aromatic N) is 1. The normalized spacial score (nSPS) is 11.8. The molecule has 0 radical (unpaired) electrons. The van der Waals surface area contributed by atoms with Crippen molar-refractivity contribution in [1.29, 1.82) is 0 Å². The summed E-state index contributed by atoms with van der Waals surface area (Å²) in [7, 11) is 0. The molecule has 5 nitrogen and oxygen atoms in total. The van der Waals surface area contributed by atoms with E-state index in [1.807, 2.05) is 25.1 Å². The first kappa shape index (κ1) is 12.9. The van der Waals surface area contributed by atoms with Crippen LogP contribution in [0, 0.1) is 0 Å².